The number of rotatable bonds is 7. The molecule has 0 saturated heterocycles. The number of halogens is 1. The summed E-state index contributed by atoms with van der Waals surface area (Å²) >= 11 is 0. The number of aryl methyl sites for hydroxylation is 1. The van der Waals surface area contributed by atoms with Crippen LogP contribution in [-0.4, -0.2) is 29.8 Å². The van der Waals surface area contributed by atoms with Crippen LogP contribution in [0.25, 0.3) is 0 Å². The molecule has 4 nitrogen and oxygen atoms in total. The summed E-state index contributed by atoms with van der Waals surface area (Å²) in [5.74, 6) is -0.624. The molecule has 132 valence electrons. The van der Waals surface area contributed by atoms with Crippen LogP contribution < -0.4 is 5.32 Å². The van der Waals surface area contributed by atoms with Crippen LogP contribution in [0, 0.1) is 12.7 Å². The van der Waals surface area contributed by atoms with E-state index < -0.39 is 0 Å². The zero-order valence-electron chi connectivity index (χ0n) is 14.6. The van der Waals surface area contributed by atoms with E-state index >= 15 is 0 Å². The number of carbonyl (C=O) groups is 2. The Morgan fingerprint density at radius 1 is 1.00 bits per heavy atom. The zero-order chi connectivity index (χ0) is 18.2. The molecular weight excluding hydrogens is 319 g/mol. The molecule has 0 aliphatic heterocycles. The molecule has 0 atom stereocenters. The van der Waals surface area contributed by atoms with Crippen molar-refractivity contribution in [2.45, 2.75) is 26.8 Å². The number of benzene rings is 2. The van der Waals surface area contributed by atoms with Crippen molar-refractivity contribution in [2.75, 3.05) is 13.1 Å². The quantitative estimate of drug-likeness (QED) is 0.841. The molecule has 2 aromatic rings. The van der Waals surface area contributed by atoms with Gasteiger partial charge in [0.05, 0.1) is 13.0 Å². The minimum atomic E-state index is -0.311. The first-order valence-electron chi connectivity index (χ1n) is 8.32. The van der Waals surface area contributed by atoms with Gasteiger partial charge in [-0.25, -0.2) is 4.39 Å². The molecule has 0 fully saturated rings. The van der Waals surface area contributed by atoms with E-state index in [-0.39, 0.29) is 30.6 Å². The number of likely N-dealkylation sites (N-methyl/N-ethyl adjacent to an activating group) is 1. The summed E-state index contributed by atoms with van der Waals surface area (Å²) in [6.45, 7) is 4.63. The number of amides is 2. The molecule has 0 heterocycles. The normalized spacial score (nSPS) is 10.4. The minimum Gasteiger partial charge on any atom is -0.350 e. The van der Waals surface area contributed by atoms with E-state index in [1.54, 1.807) is 12.1 Å². The maximum atomic E-state index is 12.9. The summed E-state index contributed by atoms with van der Waals surface area (Å²) < 4.78 is 12.9. The predicted molar refractivity (Wildman–Crippen MR) is 95.4 cm³/mol. The molecule has 5 heteroatoms. The Kier molecular flexibility index (Phi) is 6.69. The van der Waals surface area contributed by atoms with E-state index in [0.717, 1.165) is 16.7 Å². The number of hydrogen-bond acceptors (Lipinski definition) is 2. The van der Waals surface area contributed by atoms with Crippen molar-refractivity contribution in [2.24, 2.45) is 0 Å². The number of nitrogens with zero attached hydrogens (tertiary/aromatic N) is 1. The van der Waals surface area contributed by atoms with Gasteiger partial charge in [0.2, 0.25) is 11.8 Å². The van der Waals surface area contributed by atoms with Gasteiger partial charge in [-0.15, -0.1) is 0 Å². The van der Waals surface area contributed by atoms with Crippen LogP contribution in [0.1, 0.15) is 23.6 Å². The summed E-state index contributed by atoms with van der Waals surface area (Å²) in [7, 11) is 0. The largest absolute Gasteiger partial charge is 0.350 e. The van der Waals surface area contributed by atoms with Crippen molar-refractivity contribution in [1.29, 1.82) is 0 Å². The highest BCUT2D eigenvalue weighted by atomic mass is 19.1. The van der Waals surface area contributed by atoms with Gasteiger partial charge in [-0.05, 0) is 37.1 Å². The lowest BCUT2D eigenvalue weighted by atomic mass is 10.1. The monoisotopic (exact) mass is 342 g/mol. The first kappa shape index (κ1) is 18.6. The lowest BCUT2D eigenvalue weighted by Crippen LogP contribution is -2.41. The second-order valence-corrected chi connectivity index (χ2v) is 5.97. The first-order valence-corrected chi connectivity index (χ1v) is 8.32. The fourth-order valence-corrected chi connectivity index (χ4v) is 2.40. The van der Waals surface area contributed by atoms with Crippen molar-refractivity contribution in [3.05, 3.63) is 71.0 Å². The highest BCUT2D eigenvalue weighted by Gasteiger charge is 2.15. The third kappa shape index (κ3) is 6.03. The van der Waals surface area contributed by atoms with Gasteiger partial charge in [-0.2, -0.15) is 0 Å². The summed E-state index contributed by atoms with van der Waals surface area (Å²) in [6.07, 6.45) is 0.277. The molecule has 2 aromatic carbocycles. The fourth-order valence-electron chi connectivity index (χ4n) is 2.40. The van der Waals surface area contributed by atoms with Crippen LogP contribution in [0.3, 0.4) is 0 Å². The Morgan fingerprint density at radius 2 is 1.60 bits per heavy atom. The van der Waals surface area contributed by atoms with Crippen molar-refractivity contribution in [3.63, 3.8) is 0 Å². The van der Waals surface area contributed by atoms with Gasteiger partial charge in [-0.3, -0.25) is 9.59 Å². The van der Waals surface area contributed by atoms with Crippen molar-refractivity contribution < 1.29 is 14.0 Å². The molecule has 0 bridgehead atoms. The molecule has 0 unspecified atom stereocenters. The summed E-state index contributed by atoms with van der Waals surface area (Å²) in [4.78, 5) is 26.0. The van der Waals surface area contributed by atoms with Crippen molar-refractivity contribution in [1.82, 2.24) is 10.2 Å². The van der Waals surface area contributed by atoms with E-state index in [1.807, 2.05) is 38.1 Å². The van der Waals surface area contributed by atoms with Gasteiger partial charge in [0, 0.05) is 13.1 Å². The van der Waals surface area contributed by atoms with Crippen molar-refractivity contribution in [3.8, 4) is 0 Å². The van der Waals surface area contributed by atoms with Crippen LogP contribution in [0.2, 0.25) is 0 Å². The van der Waals surface area contributed by atoms with E-state index in [4.69, 9.17) is 0 Å². The van der Waals surface area contributed by atoms with Crippen LogP contribution in [-0.2, 0) is 22.6 Å². The van der Waals surface area contributed by atoms with Gasteiger partial charge in [0.25, 0.3) is 0 Å². The molecule has 0 spiro atoms. The van der Waals surface area contributed by atoms with E-state index in [1.165, 1.54) is 17.0 Å². The van der Waals surface area contributed by atoms with Crippen LogP contribution in [0.15, 0.2) is 48.5 Å². The highest BCUT2D eigenvalue weighted by Crippen LogP contribution is 2.06. The molecule has 0 aliphatic carbocycles. The second-order valence-electron chi connectivity index (χ2n) is 5.97. The first-order chi connectivity index (χ1) is 12.0. The maximum absolute atomic E-state index is 12.9. The summed E-state index contributed by atoms with van der Waals surface area (Å²) in [6, 6.07) is 13.7. The molecule has 1 N–H and O–H groups in total. The minimum absolute atomic E-state index is 0.0163. The molecule has 25 heavy (non-hydrogen) atoms. The van der Waals surface area contributed by atoms with E-state index in [9.17, 15) is 14.0 Å². The molecule has 0 saturated carbocycles. The lowest BCUT2D eigenvalue weighted by Gasteiger charge is -2.20. The lowest BCUT2D eigenvalue weighted by molar-refractivity contribution is -0.135. The molecule has 2 rings (SSSR count). The molecule has 2 amide bonds. The second kappa shape index (κ2) is 8.97. The number of carbonyl (C=O) groups excluding carboxylic acids is 2. The Hall–Kier alpha value is -2.69. The van der Waals surface area contributed by atoms with Gasteiger partial charge in [0.1, 0.15) is 5.82 Å². The predicted octanol–water partition coefficient (Wildman–Crippen LogP) is 2.84. The molecule has 0 aliphatic rings. The smallest absolute Gasteiger partial charge is 0.239 e. The average molecular weight is 342 g/mol. The molecule has 0 aromatic heterocycles. The highest BCUT2D eigenvalue weighted by molar-refractivity contribution is 5.85. The number of hydrogen-bond donors (Lipinski definition) is 1. The van der Waals surface area contributed by atoms with Crippen LogP contribution >= 0.6 is 0 Å². The standard InChI is InChI=1S/C20H23FN2O2/c1-3-23(20(25)12-16-6-4-15(2)5-7-16)14-19(24)22-13-17-8-10-18(21)11-9-17/h4-11H,3,12-14H2,1-2H3,(H,22,24). The van der Waals surface area contributed by atoms with Gasteiger partial charge >= 0.3 is 0 Å². The Bertz CT molecular complexity index is 711. The maximum Gasteiger partial charge on any atom is 0.239 e. The SMILES string of the molecule is CCN(CC(=O)NCc1ccc(F)cc1)C(=O)Cc1ccc(C)cc1. The fraction of sp³-hybridized carbons (Fsp3) is 0.300. The van der Waals surface area contributed by atoms with Gasteiger partial charge in [0.15, 0.2) is 0 Å². The third-order valence-corrected chi connectivity index (χ3v) is 3.95. The Balaban J connectivity index is 1.84. The van der Waals surface area contributed by atoms with Gasteiger partial charge in [-0.1, -0.05) is 42.0 Å². The zero-order valence-corrected chi connectivity index (χ0v) is 14.6. The Labute approximate surface area is 147 Å². The topological polar surface area (TPSA) is 49.4 Å². The van der Waals surface area contributed by atoms with E-state index in [0.29, 0.717) is 13.1 Å². The average Bonchev–Trinajstić information content (AvgIpc) is 2.61. The van der Waals surface area contributed by atoms with Gasteiger partial charge < -0.3 is 10.2 Å². The summed E-state index contributed by atoms with van der Waals surface area (Å²) in [5, 5.41) is 2.75. The van der Waals surface area contributed by atoms with E-state index in [2.05, 4.69) is 5.32 Å². The molecular formula is C20H23FN2O2. The van der Waals surface area contributed by atoms with Crippen LogP contribution in [0.5, 0.6) is 0 Å². The number of nitrogens with one attached hydrogen (secondary N) is 1. The van der Waals surface area contributed by atoms with Crippen LogP contribution in [0.4, 0.5) is 4.39 Å². The molecule has 0 radical (unpaired) electrons. The summed E-state index contributed by atoms with van der Waals surface area (Å²) in [5.41, 5.74) is 2.88. The van der Waals surface area contributed by atoms with Crippen molar-refractivity contribution >= 4 is 11.8 Å². The Morgan fingerprint density at radius 3 is 2.20 bits per heavy atom. The third-order valence-electron chi connectivity index (χ3n) is 3.95.